The maximum atomic E-state index is 12.9. The molecule has 2 aromatic carbocycles. The molecule has 0 saturated carbocycles. The van der Waals surface area contributed by atoms with Crippen LogP contribution in [0.25, 0.3) is 0 Å². The van der Waals surface area contributed by atoms with E-state index in [0.29, 0.717) is 11.8 Å². The minimum absolute atomic E-state index is 0.258. The maximum Gasteiger partial charge on any atom is 0.127 e. The van der Waals surface area contributed by atoms with Crippen molar-refractivity contribution >= 4 is 0 Å². The minimum Gasteiger partial charge on any atom is -0.457 e. The van der Waals surface area contributed by atoms with E-state index < -0.39 is 0 Å². The fourth-order valence-electron chi connectivity index (χ4n) is 2.25. The molecule has 2 aromatic rings. The first-order valence-electron chi connectivity index (χ1n) is 7.49. The average Bonchev–Trinajstić information content (AvgIpc) is 2.51. The zero-order valence-electron chi connectivity index (χ0n) is 12.6. The van der Waals surface area contributed by atoms with Crippen molar-refractivity contribution in [3.63, 3.8) is 0 Å². The molecule has 0 heterocycles. The van der Waals surface area contributed by atoms with Crippen LogP contribution in [-0.2, 0) is 0 Å². The van der Waals surface area contributed by atoms with Crippen LogP contribution in [0.4, 0.5) is 4.39 Å². The Bertz CT molecular complexity index is 553. The van der Waals surface area contributed by atoms with Gasteiger partial charge in [0, 0.05) is 6.04 Å². The molecule has 0 aromatic heterocycles. The lowest BCUT2D eigenvalue weighted by atomic mass is 10.0. The predicted octanol–water partition coefficient (Wildman–Crippen LogP) is 5.07. The largest absolute Gasteiger partial charge is 0.457 e. The van der Waals surface area contributed by atoms with Gasteiger partial charge in [-0.05, 0) is 61.3 Å². The second-order valence-electron chi connectivity index (χ2n) is 5.04. The Morgan fingerprint density at radius 1 is 1.05 bits per heavy atom. The summed E-state index contributed by atoms with van der Waals surface area (Å²) in [6.07, 6.45) is 2.14. The summed E-state index contributed by atoms with van der Waals surface area (Å²) in [4.78, 5) is 0. The first-order chi connectivity index (χ1) is 10.2. The number of halogens is 1. The fraction of sp³-hybridized carbons (Fsp3) is 0.333. The summed E-state index contributed by atoms with van der Waals surface area (Å²) in [6, 6.07) is 14.5. The summed E-state index contributed by atoms with van der Waals surface area (Å²) in [5, 5.41) is 3.53. The molecule has 0 aliphatic heterocycles. The van der Waals surface area contributed by atoms with Crippen LogP contribution < -0.4 is 10.1 Å². The summed E-state index contributed by atoms with van der Waals surface area (Å²) in [5.74, 6) is 1.16. The third kappa shape index (κ3) is 4.57. The van der Waals surface area contributed by atoms with Gasteiger partial charge in [0.2, 0.25) is 0 Å². The van der Waals surface area contributed by atoms with Gasteiger partial charge in [-0.25, -0.2) is 4.39 Å². The van der Waals surface area contributed by atoms with Crippen LogP contribution in [0, 0.1) is 5.82 Å². The normalized spacial score (nSPS) is 12.1. The lowest BCUT2D eigenvalue weighted by Gasteiger charge is -2.18. The fourth-order valence-corrected chi connectivity index (χ4v) is 2.25. The van der Waals surface area contributed by atoms with Crippen LogP contribution in [0.2, 0.25) is 0 Å². The Balaban J connectivity index is 2.11. The zero-order chi connectivity index (χ0) is 15.1. The Morgan fingerprint density at radius 3 is 2.48 bits per heavy atom. The van der Waals surface area contributed by atoms with Crippen molar-refractivity contribution in [3.05, 3.63) is 59.9 Å². The third-order valence-corrected chi connectivity index (χ3v) is 3.36. The Kier molecular flexibility index (Phi) is 5.76. The number of benzene rings is 2. The number of hydrogen-bond donors (Lipinski definition) is 1. The molecule has 0 aliphatic carbocycles. The van der Waals surface area contributed by atoms with E-state index in [0.717, 1.165) is 25.1 Å². The predicted molar refractivity (Wildman–Crippen MR) is 84.2 cm³/mol. The van der Waals surface area contributed by atoms with Crippen molar-refractivity contribution in [2.45, 2.75) is 32.7 Å². The number of rotatable bonds is 7. The molecule has 3 heteroatoms. The van der Waals surface area contributed by atoms with E-state index in [1.54, 1.807) is 12.1 Å². The van der Waals surface area contributed by atoms with Crippen LogP contribution >= 0.6 is 0 Å². The highest BCUT2D eigenvalue weighted by molar-refractivity contribution is 5.35. The van der Waals surface area contributed by atoms with Crippen molar-refractivity contribution in [1.82, 2.24) is 5.32 Å². The zero-order valence-corrected chi connectivity index (χ0v) is 12.6. The van der Waals surface area contributed by atoms with Crippen LogP contribution in [0.15, 0.2) is 48.5 Å². The molecule has 2 nitrogen and oxygen atoms in total. The van der Waals surface area contributed by atoms with E-state index in [4.69, 9.17) is 4.74 Å². The van der Waals surface area contributed by atoms with Gasteiger partial charge in [-0.3, -0.25) is 0 Å². The average molecular weight is 287 g/mol. The monoisotopic (exact) mass is 287 g/mol. The molecule has 0 spiro atoms. The van der Waals surface area contributed by atoms with Gasteiger partial charge >= 0.3 is 0 Å². The summed E-state index contributed by atoms with van der Waals surface area (Å²) < 4.78 is 18.7. The molecular formula is C18H22FNO. The van der Waals surface area contributed by atoms with E-state index in [2.05, 4.69) is 25.2 Å². The Labute approximate surface area is 126 Å². The molecule has 0 aliphatic rings. The van der Waals surface area contributed by atoms with E-state index in [-0.39, 0.29) is 5.82 Å². The van der Waals surface area contributed by atoms with Gasteiger partial charge in [0.15, 0.2) is 0 Å². The topological polar surface area (TPSA) is 21.3 Å². The molecule has 0 bridgehead atoms. The molecule has 0 saturated heterocycles. The Morgan fingerprint density at radius 2 is 1.81 bits per heavy atom. The molecule has 2 rings (SSSR count). The molecule has 1 atom stereocenters. The van der Waals surface area contributed by atoms with Gasteiger partial charge in [0.25, 0.3) is 0 Å². The smallest absolute Gasteiger partial charge is 0.127 e. The molecule has 0 radical (unpaired) electrons. The SMILES string of the molecule is CCCNC(CC)c1cccc(Oc2ccc(F)cc2)c1. The van der Waals surface area contributed by atoms with E-state index in [9.17, 15) is 4.39 Å². The first kappa shape index (κ1) is 15.5. The van der Waals surface area contributed by atoms with Gasteiger partial charge in [-0.15, -0.1) is 0 Å². The van der Waals surface area contributed by atoms with Crippen molar-refractivity contribution < 1.29 is 9.13 Å². The van der Waals surface area contributed by atoms with Gasteiger partial charge in [0.05, 0.1) is 0 Å². The molecule has 0 amide bonds. The van der Waals surface area contributed by atoms with Gasteiger partial charge in [-0.2, -0.15) is 0 Å². The summed E-state index contributed by atoms with van der Waals surface area (Å²) >= 11 is 0. The quantitative estimate of drug-likeness (QED) is 0.767. The van der Waals surface area contributed by atoms with Crippen molar-refractivity contribution in [2.75, 3.05) is 6.54 Å². The van der Waals surface area contributed by atoms with Crippen LogP contribution in [0.1, 0.15) is 38.3 Å². The minimum atomic E-state index is -0.258. The molecule has 112 valence electrons. The second kappa shape index (κ2) is 7.79. The Hall–Kier alpha value is -1.87. The number of nitrogens with one attached hydrogen (secondary N) is 1. The molecule has 0 fully saturated rings. The summed E-state index contributed by atoms with van der Waals surface area (Å²) in [5.41, 5.74) is 1.21. The van der Waals surface area contributed by atoms with Crippen LogP contribution in [0.3, 0.4) is 0 Å². The third-order valence-electron chi connectivity index (χ3n) is 3.36. The number of hydrogen-bond acceptors (Lipinski definition) is 2. The van der Waals surface area contributed by atoms with Crippen molar-refractivity contribution in [2.24, 2.45) is 0 Å². The van der Waals surface area contributed by atoms with Crippen molar-refractivity contribution in [1.29, 1.82) is 0 Å². The highest BCUT2D eigenvalue weighted by atomic mass is 19.1. The first-order valence-corrected chi connectivity index (χ1v) is 7.49. The van der Waals surface area contributed by atoms with Crippen LogP contribution in [0.5, 0.6) is 11.5 Å². The van der Waals surface area contributed by atoms with E-state index >= 15 is 0 Å². The van der Waals surface area contributed by atoms with E-state index in [1.165, 1.54) is 17.7 Å². The molecule has 1 unspecified atom stereocenters. The van der Waals surface area contributed by atoms with Crippen LogP contribution in [-0.4, -0.2) is 6.54 Å². The summed E-state index contributed by atoms with van der Waals surface area (Å²) in [6.45, 7) is 5.33. The summed E-state index contributed by atoms with van der Waals surface area (Å²) in [7, 11) is 0. The molecular weight excluding hydrogens is 265 g/mol. The van der Waals surface area contributed by atoms with Gasteiger partial charge in [0.1, 0.15) is 17.3 Å². The highest BCUT2D eigenvalue weighted by Crippen LogP contribution is 2.26. The molecule has 21 heavy (non-hydrogen) atoms. The van der Waals surface area contributed by atoms with E-state index in [1.807, 2.05) is 18.2 Å². The van der Waals surface area contributed by atoms with Gasteiger partial charge < -0.3 is 10.1 Å². The molecule has 1 N–H and O–H groups in total. The number of ether oxygens (including phenoxy) is 1. The maximum absolute atomic E-state index is 12.9. The van der Waals surface area contributed by atoms with Crippen molar-refractivity contribution in [3.8, 4) is 11.5 Å². The lowest BCUT2D eigenvalue weighted by molar-refractivity contribution is 0.474. The standard InChI is InChI=1S/C18H22FNO/c1-3-12-20-18(4-2)14-6-5-7-17(13-14)21-16-10-8-15(19)9-11-16/h5-11,13,18,20H,3-4,12H2,1-2H3. The van der Waals surface area contributed by atoms with Gasteiger partial charge in [-0.1, -0.05) is 26.0 Å². The second-order valence-corrected chi connectivity index (χ2v) is 5.04. The highest BCUT2D eigenvalue weighted by Gasteiger charge is 2.09. The lowest BCUT2D eigenvalue weighted by Crippen LogP contribution is -2.21.